The van der Waals surface area contributed by atoms with Gasteiger partial charge >= 0.3 is 0 Å². The maximum absolute atomic E-state index is 11.6. The van der Waals surface area contributed by atoms with Crippen molar-refractivity contribution in [2.75, 3.05) is 13.6 Å². The fourth-order valence-corrected chi connectivity index (χ4v) is 3.11. The van der Waals surface area contributed by atoms with Gasteiger partial charge in [-0.05, 0) is 20.9 Å². The molecule has 4 nitrogen and oxygen atoms in total. The Morgan fingerprint density at radius 2 is 2.05 bits per heavy atom. The number of carbonyl (C=O) groups excluding carboxylic acids is 1. The largest absolute Gasteiger partial charge is 0.348 e. The van der Waals surface area contributed by atoms with E-state index in [9.17, 15) is 4.79 Å². The van der Waals surface area contributed by atoms with Crippen LogP contribution in [0, 0.1) is 6.92 Å². The normalized spacial score (nSPS) is 12.2. The van der Waals surface area contributed by atoms with Crippen molar-refractivity contribution in [3.05, 3.63) is 40.9 Å². The number of nitrogens with zero attached hydrogens (tertiary/aromatic N) is 1. The van der Waals surface area contributed by atoms with Gasteiger partial charge in [0.15, 0.2) is 0 Å². The van der Waals surface area contributed by atoms with Crippen LogP contribution in [0.2, 0.25) is 0 Å². The molecule has 1 heterocycles. The summed E-state index contributed by atoms with van der Waals surface area (Å²) >= 11 is 1.63. The van der Waals surface area contributed by atoms with Gasteiger partial charge < -0.3 is 10.6 Å². The molecular formula is C15H19N3OS. The number of nitrogens with one attached hydrogen (secondary N) is 2. The predicted octanol–water partition coefficient (Wildman–Crippen LogP) is 2.52. The van der Waals surface area contributed by atoms with Gasteiger partial charge in [-0.15, -0.1) is 11.3 Å². The van der Waals surface area contributed by atoms with Gasteiger partial charge in [0.1, 0.15) is 5.01 Å². The molecule has 106 valence electrons. The number of hydrogen-bond acceptors (Lipinski definition) is 4. The SMILES string of the molecule is CNCC(=O)NC(C)c1sc(-c2ccccc2)nc1C. The van der Waals surface area contributed by atoms with E-state index in [4.69, 9.17) is 0 Å². The molecule has 1 unspecified atom stereocenters. The van der Waals surface area contributed by atoms with Crippen LogP contribution in [0.5, 0.6) is 0 Å². The number of hydrogen-bond donors (Lipinski definition) is 2. The van der Waals surface area contributed by atoms with Crippen molar-refractivity contribution in [1.82, 2.24) is 15.6 Å². The van der Waals surface area contributed by atoms with Crippen LogP contribution in [0.1, 0.15) is 23.5 Å². The van der Waals surface area contributed by atoms with E-state index in [2.05, 4.69) is 15.6 Å². The first-order chi connectivity index (χ1) is 9.61. The minimum absolute atomic E-state index is 0.00550. The summed E-state index contributed by atoms with van der Waals surface area (Å²) in [5, 5.41) is 6.81. The molecule has 0 aliphatic rings. The number of aryl methyl sites for hydroxylation is 1. The second-order valence-corrected chi connectivity index (χ2v) is 5.68. The number of amides is 1. The first kappa shape index (κ1) is 14.7. The van der Waals surface area contributed by atoms with Crippen LogP contribution >= 0.6 is 11.3 Å². The lowest BCUT2D eigenvalue weighted by molar-refractivity contribution is -0.120. The molecule has 0 radical (unpaired) electrons. The highest BCUT2D eigenvalue weighted by molar-refractivity contribution is 7.15. The summed E-state index contributed by atoms with van der Waals surface area (Å²) in [5.41, 5.74) is 2.09. The highest BCUT2D eigenvalue weighted by Crippen LogP contribution is 2.31. The topological polar surface area (TPSA) is 54.0 Å². The fourth-order valence-electron chi connectivity index (χ4n) is 2.03. The molecule has 1 amide bonds. The standard InChI is InChI=1S/C15H19N3OS/c1-10(17-13(19)9-16-3)14-11(2)18-15(20-14)12-7-5-4-6-8-12/h4-8,10,16H,9H2,1-3H3,(H,17,19). The van der Waals surface area contributed by atoms with Gasteiger partial charge in [0.05, 0.1) is 23.2 Å². The molecule has 0 aliphatic carbocycles. The Bertz CT molecular complexity index is 580. The summed E-state index contributed by atoms with van der Waals surface area (Å²) in [5.74, 6) is -0.00550. The predicted molar refractivity (Wildman–Crippen MR) is 82.8 cm³/mol. The monoisotopic (exact) mass is 289 g/mol. The Morgan fingerprint density at radius 1 is 1.35 bits per heavy atom. The summed E-state index contributed by atoms with van der Waals surface area (Å²) in [6.45, 7) is 4.30. The van der Waals surface area contributed by atoms with Gasteiger partial charge in [0, 0.05) is 5.56 Å². The Balaban J connectivity index is 2.17. The first-order valence-corrected chi connectivity index (χ1v) is 7.40. The molecule has 1 aromatic carbocycles. The van der Waals surface area contributed by atoms with Gasteiger partial charge in [0.25, 0.3) is 0 Å². The van der Waals surface area contributed by atoms with Crippen LogP contribution in [0.25, 0.3) is 10.6 Å². The zero-order chi connectivity index (χ0) is 14.5. The second-order valence-electron chi connectivity index (χ2n) is 4.65. The van der Waals surface area contributed by atoms with Crippen molar-refractivity contribution >= 4 is 17.2 Å². The third-order valence-corrected chi connectivity index (χ3v) is 4.35. The van der Waals surface area contributed by atoms with Crippen LogP contribution in [-0.4, -0.2) is 24.5 Å². The van der Waals surface area contributed by atoms with Crippen molar-refractivity contribution in [2.24, 2.45) is 0 Å². The third-order valence-electron chi connectivity index (χ3n) is 2.96. The van der Waals surface area contributed by atoms with Gasteiger partial charge in [-0.2, -0.15) is 0 Å². The fraction of sp³-hybridized carbons (Fsp3) is 0.333. The summed E-state index contributed by atoms with van der Waals surface area (Å²) in [7, 11) is 1.76. The lowest BCUT2D eigenvalue weighted by Gasteiger charge is -2.12. The van der Waals surface area contributed by atoms with Crippen molar-refractivity contribution in [3.8, 4) is 10.6 Å². The minimum Gasteiger partial charge on any atom is -0.348 e. The lowest BCUT2D eigenvalue weighted by Crippen LogP contribution is -2.33. The summed E-state index contributed by atoms with van der Waals surface area (Å²) in [6.07, 6.45) is 0. The number of benzene rings is 1. The summed E-state index contributed by atoms with van der Waals surface area (Å²) in [4.78, 5) is 17.3. The highest BCUT2D eigenvalue weighted by Gasteiger charge is 2.16. The Kier molecular flexibility index (Phi) is 4.87. The number of carbonyl (C=O) groups is 1. The maximum Gasteiger partial charge on any atom is 0.234 e. The summed E-state index contributed by atoms with van der Waals surface area (Å²) < 4.78 is 0. The Morgan fingerprint density at radius 3 is 2.70 bits per heavy atom. The van der Waals surface area contributed by atoms with Crippen LogP contribution in [-0.2, 0) is 4.79 Å². The molecule has 0 spiro atoms. The van der Waals surface area contributed by atoms with E-state index in [0.29, 0.717) is 6.54 Å². The van der Waals surface area contributed by atoms with Crippen molar-refractivity contribution in [3.63, 3.8) is 0 Å². The van der Waals surface area contributed by atoms with Crippen LogP contribution < -0.4 is 10.6 Å². The molecule has 2 aromatic rings. The lowest BCUT2D eigenvalue weighted by atomic mass is 10.2. The molecule has 0 saturated heterocycles. The molecule has 0 saturated carbocycles. The van der Waals surface area contributed by atoms with Crippen LogP contribution in [0.3, 0.4) is 0 Å². The smallest absolute Gasteiger partial charge is 0.234 e. The molecule has 1 aromatic heterocycles. The molecule has 0 fully saturated rings. The van der Waals surface area contributed by atoms with Crippen molar-refractivity contribution in [1.29, 1.82) is 0 Å². The third kappa shape index (κ3) is 3.43. The van der Waals surface area contributed by atoms with Crippen molar-refractivity contribution < 1.29 is 4.79 Å². The van der Waals surface area contributed by atoms with E-state index < -0.39 is 0 Å². The maximum atomic E-state index is 11.6. The molecule has 5 heteroatoms. The zero-order valence-corrected chi connectivity index (χ0v) is 12.8. The quantitative estimate of drug-likeness (QED) is 0.889. The minimum atomic E-state index is -0.0224. The number of aromatic nitrogens is 1. The van der Waals surface area contributed by atoms with E-state index in [1.165, 1.54) is 0 Å². The average molecular weight is 289 g/mol. The number of rotatable bonds is 5. The molecule has 0 bridgehead atoms. The molecule has 2 rings (SSSR count). The van der Waals surface area contributed by atoms with Gasteiger partial charge in [0.2, 0.25) is 5.91 Å². The Hall–Kier alpha value is -1.72. The van der Waals surface area contributed by atoms with Gasteiger partial charge in [-0.1, -0.05) is 30.3 Å². The molecule has 2 N–H and O–H groups in total. The van der Waals surface area contributed by atoms with Crippen LogP contribution in [0.4, 0.5) is 0 Å². The van der Waals surface area contributed by atoms with E-state index in [1.54, 1.807) is 18.4 Å². The zero-order valence-electron chi connectivity index (χ0n) is 11.9. The molecule has 20 heavy (non-hydrogen) atoms. The van der Waals surface area contributed by atoms with Gasteiger partial charge in [-0.3, -0.25) is 4.79 Å². The number of likely N-dealkylation sites (N-methyl/N-ethyl adjacent to an activating group) is 1. The van der Waals surface area contributed by atoms with E-state index in [0.717, 1.165) is 21.1 Å². The van der Waals surface area contributed by atoms with E-state index >= 15 is 0 Å². The summed E-state index contributed by atoms with van der Waals surface area (Å²) in [6, 6.07) is 10.1. The van der Waals surface area contributed by atoms with E-state index in [-0.39, 0.29) is 11.9 Å². The molecule has 0 aliphatic heterocycles. The van der Waals surface area contributed by atoms with E-state index in [1.807, 2.05) is 44.2 Å². The average Bonchev–Trinajstić information content (AvgIpc) is 2.82. The van der Waals surface area contributed by atoms with Gasteiger partial charge in [-0.25, -0.2) is 4.98 Å². The van der Waals surface area contributed by atoms with Crippen molar-refractivity contribution in [2.45, 2.75) is 19.9 Å². The number of thiazole rings is 1. The Labute approximate surface area is 123 Å². The molecule has 1 atom stereocenters. The van der Waals surface area contributed by atoms with Crippen LogP contribution in [0.15, 0.2) is 30.3 Å². The highest BCUT2D eigenvalue weighted by atomic mass is 32.1. The first-order valence-electron chi connectivity index (χ1n) is 6.58. The second kappa shape index (κ2) is 6.63. The molecular weight excluding hydrogens is 270 g/mol.